The number of rotatable bonds is 9. The van der Waals surface area contributed by atoms with Gasteiger partial charge < -0.3 is 9.16 Å². The molecule has 0 saturated heterocycles. The highest BCUT2D eigenvalue weighted by Gasteiger charge is 2.33. The summed E-state index contributed by atoms with van der Waals surface area (Å²) in [5, 5.41) is 0. The molecule has 3 nitrogen and oxygen atoms in total. The van der Waals surface area contributed by atoms with Crippen LogP contribution in [0.15, 0.2) is 73.3 Å². The van der Waals surface area contributed by atoms with Gasteiger partial charge in [0.15, 0.2) is 0 Å². The van der Waals surface area contributed by atoms with Crippen molar-refractivity contribution in [2.24, 2.45) is 0 Å². The first-order valence-corrected chi connectivity index (χ1v) is 8.94. The van der Waals surface area contributed by atoms with Gasteiger partial charge in [0.25, 0.3) is 0 Å². The lowest BCUT2D eigenvalue weighted by atomic mass is 9.72. The molecule has 0 saturated carbocycles. The fraction of sp³-hybridized carbons (Fsp3) is 0.250. The van der Waals surface area contributed by atoms with Crippen LogP contribution in [0.4, 0.5) is 0 Å². The molecular formula is C20H24O3Si. The van der Waals surface area contributed by atoms with Gasteiger partial charge in [0.2, 0.25) is 0 Å². The van der Waals surface area contributed by atoms with Crippen molar-refractivity contribution in [2.75, 3.05) is 13.2 Å². The molecule has 2 aromatic rings. The quantitative estimate of drug-likeness (QED) is 0.305. The van der Waals surface area contributed by atoms with Crippen LogP contribution in [0.2, 0.25) is 0 Å². The van der Waals surface area contributed by atoms with Crippen molar-refractivity contribution in [1.82, 2.24) is 0 Å². The van der Waals surface area contributed by atoms with Crippen LogP contribution in [0.1, 0.15) is 24.0 Å². The fourth-order valence-electron chi connectivity index (χ4n) is 3.06. The van der Waals surface area contributed by atoms with Gasteiger partial charge in [-0.3, -0.25) is 0 Å². The highest BCUT2D eigenvalue weighted by atomic mass is 28.2. The van der Waals surface area contributed by atoms with E-state index in [2.05, 4.69) is 55.1 Å². The fourth-order valence-corrected chi connectivity index (χ4v) is 3.55. The largest absolute Gasteiger partial charge is 0.463 e. The van der Waals surface area contributed by atoms with E-state index in [0.717, 1.165) is 12.8 Å². The molecule has 0 N–H and O–H groups in total. The van der Waals surface area contributed by atoms with Gasteiger partial charge in [-0.25, -0.2) is 4.79 Å². The van der Waals surface area contributed by atoms with E-state index in [9.17, 15) is 4.79 Å². The molecule has 0 unspecified atom stereocenters. The van der Waals surface area contributed by atoms with E-state index in [1.807, 2.05) is 12.1 Å². The Labute approximate surface area is 146 Å². The molecule has 4 heteroatoms. The molecular weight excluding hydrogens is 316 g/mol. The lowest BCUT2D eigenvalue weighted by Crippen LogP contribution is -2.33. The first-order valence-electron chi connectivity index (χ1n) is 8.12. The summed E-state index contributed by atoms with van der Waals surface area (Å²) in [6.45, 7) is 4.43. The second kappa shape index (κ2) is 9.20. The molecule has 0 heterocycles. The zero-order valence-electron chi connectivity index (χ0n) is 14.1. The van der Waals surface area contributed by atoms with E-state index in [-0.39, 0.29) is 11.4 Å². The number of carbonyl (C=O) groups is 1. The Kier molecular flexibility index (Phi) is 6.97. The van der Waals surface area contributed by atoms with Crippen molar-refractivity contribution in [3.63, 3.8) is 0 Å². The van der Waals surface area contributed by atoms with Gasteiger partial charge in [-0.05, 0) is 24.0 Å². The van der Waals surface area contributed by atoms with E-state index in [1.54, 1.807) is 0 Å². The van der Waals surface area contributed by atoms with Crippen LogP contribution in [0.3, 0.4) is 0 Å². The number of hydrogen-bond donors (Lipinski definition) is 0. The molecule has 0 spiro atoms. The third-order valence-corrected chi connectivity index (χ3v) is 4.49. The zero-order chi connectivity index (χ0) is 17.3. The monoisotopic (exact) mass is 340 g/mol. The average molecular weight is 340 g/mol. The maximum Gasteiger partial charge on any atom is 0.330 e. The second-order valence-corrected chi connectivity index (χ2v) is 6.30. The summed E-state index contributed by atoms with van der Waals surface area (Å²) in [6.07, 6.45) is 2.80. The summed E-state index contributed by atoms with van der Waals surface area (Å²) in [6, 6.07) is 20.8. The lowest BCUT2D eigenvalue weighted by molar-refractivity contribution is -0.137. The van der Waals surface area contributed by atoms with Crippen LogP contribution in [0.25, 0.3) is 0 Å². The normalized spacial score (nSPS) is 11.2. The highest BCUT2D eigenvalue weighted by molar-refractivity contribution is 5.98. The van der Waals surface area contributed by atoms with Gasteiger partial charge in [-0.1, -0.05) is 67.2 Å². The zero-order valence-corrected chi connectivity index (χ0v) is 16.1. The van der Waals surface area contributed by atoms with Crippen LogP contribution < -0.4 is 0 Å². The molecule has 0 bridgehead atoms. The van der Waals surface area contributed by atoms with Gasteiger partial charge in [0, 0.05) is 18.1 Å². The summed E-state index contributed by atoms with van der Waals surface area (Å²) in [5.41, 5.74) is 2.22. The summed E-state index contributed by atoms with van der Waals surface area (Å²) in [7, 11) is 0.681. The van der Waals surface area contributed by atoms with Crippen molar-refractivity contribution in [2.45, 2.75) is 18.3 Å². The molecule has 24 heavy (non-hydrogen) atoms. The van der Waals surface area contributed by atoms with Crippen molar-refractivity contribution in [3.8, 4) is 0 Å². The first-order chi connectivity index (χ1) is 11.7. The molecule has 2 rings (SSSR count). The maximum absolute atomic E-state index is 11.2. The van der Waals surface area contributed by atoms with Crippen molar-refractivity contribution in [1.29, 1.82) is 0 Å². The van der Waals surface area contributed by atoms with Crippen LogP contribution >= 0.6 is 0 Å². The average Bonchev–Trinajstić information content (AvgIpc) is 2.65. The molecule has 2 aromatic carbocycles. The van der Waals surface area contributed by atoms with Crippen LogP contribution in [0.5, 0.6) is 0 Å². The molecule has 0 aliphatic rings. The molecule has 0 atom stereocenters. The van der Waals surface area contributed by atoms with Gasteiger partial charge in [0.05, 0.1) is 6.61 Å². The van der Waals surface area contributed by atoms with E-state index >= 15 is 0 Å². The van der Waals surface area contributed by atoms with E-state index < -0.39 is 0 Å². The minimum atomic E-state index is -0.376. The Morgan fingerprint density at radius 3 is 2.04 bits per heavy atom. The maximum atomic E-state index is 11.2. The number of benzene rings is 2. The summed E-state index contributed by atoms with van der Waals surface area (Å²) >= 11 is 0. The Morgan fingerprint density at radius 1 is 1.04 bits per heavy atom. The number of carbonyl (C=O) groups excluding carboxylic acids is 1. The van der Waals surface area contributed by atoms with Crippen molar-refractivity contribution >= 4 is 16.5 Å². The molecule has 0 aliphatic heterocycles. The third-order valence-electron chi connectivity index (χ3n) is 4.20. The number of esters is 1. The highest BCUT2D eigenvalue weighted by Crippen LogP contribution is 2.37. The standard InChI is InChI=1S/C20H24O3Si/c1-2-19(21)22-15-9-14-20(16-23-24,17-10-5-3-6-11-17)18-12-7-4-8-13-18/h2-8,10-13H,1,9,14-16H2,24H3. The van der Waals surface area contributed by atoms with Gasteiger partial charge in [-0.15, -0.1) is 0 Å². The molecule has 0 radical (unpaired) electrons. The summed E-state index contributed by atoms with van der Waals surface area (Å²) in [5.74, 6) is -0.376. The predicted molar refractivity (Wildman–Crippen MR) is 99.9 cm³/mol. The van der Waals surface area contributed by atoms with Crippen molar-refractivity contribution < 1.29 is 14.0 Å². The molecule has 0 amide bonds. The molecule has 0 fully saturated rings. The third kappa shape index (κ3) is 4.43. The molecule has 0 aliphatic carbocycles. The van der Waals surface area contributed by atoms with Crippen LogP contribution in [0, 0.1) is 0 Å². The smallest absolute Gasteiger partial charge is 0.330 e. The predicted octanol–water partition coefficient (Wildman–Crippen LogP) is 2.78. The Bertz CT molecular complexity index is 601. The topological polar surface area (TPSA) is 35.5 Å². The van der Waals surface area contributed by atoms with Gasteiger partial charge >= 0.3 is 5.97 Å². The van der Waals surface area contributed by atoms with Crippen LogP contribution in [-0.4, -0.2) is 29.7 Å². The van der Waals surface area contributed by atoms with E-state index in [1.165, 1.54) is 17.2 Å². The second-order valence-electron chi connectivity index (χ2n) is 5.72. The Morgan fingerprint density at radius 2 is 1.58 bits per heavy atom. The number of ether oxygens (including phenoxy) is 1. The minimum absolute atomic E-state index is 0.231. The molecule has 0 aromatic heterocycles. The van der Waals surface area contributed by atoms with Crippen molar-refractivity contribution in [3.05, 3.63) is 84.4 Å². The van der Waals surface area contributed by atoms with Gasteiger partial charge in [0.1, 0.15) is 10.5 Å². The summed E-state index contributed by atoms with van der Waals surface area (Å²) < 4.78 is 10.9. The SMILES string of the molecule is C=CC(=O)OCCCC(CO[SiH3])(c1ccccc1)c1ccccc1. The Hall–Kier alpha value is -2.17. The van der Waals surface area contributed by atoms with E-state index in [0.29, 0.717) is 23.7 Å². The van der Waals surface area contributed by atoms with Crippen LogP contribution in [-0.2, 0) is 19.4 Å². The number of hydrogen-bond acceptors (Lipinski definition) is 3. The Balaban J connectivity index is 2.29. The van der Waals surface area contributed by atoms with Gasteiger partial charge in [-0.2, -0.15) is 0 Å². The van der Waals surface area contributed by atoms with E-state index in [4.69, 9.17) is 9.16 Å². The first kappa shape index (κ1) is 18.2. The summed E-state index contributed by atoms with van der Waals surface area (Å²) in [4.78, 5) is 11.2. The minimum Gasteiger partial charge on any atom is -0.463 e. The molecule has 126 valence electrons. The lowest BCUT2D eigenvalue weighted by Gasteiger charge is -2.35.